The average molecular weight is 437 g/mol. The van der Waals surface area contributed by atoms with Crippen molar-refractivity contribution >= 4 is 15.7 Å². The van der Waals surface area contributed by atoms with Crippen molar-refractivity contribution in [3.05, 3.63) is 62.4 Å². The fourth-order valence-electron chi connectivity index (χ4n) is 3.34. The lowest BCUT2D eigenvalue weighted by Crippen LogP contribution is -2.38. The Kier molecular flexibility index (Phi) is 8.03. The Morgan fingerprint density at radius 2 is 1.63 bits per heavy atom. The molecule has 0 unspecified atom stereocenters. The Hall–Kier alpha value is -2.39. The van der Waals surface area contributed by atoms with Crippen LogP contribution in [-0.4, -0.2) is 47.8 Å². The van der Waals surface area contributed by atoms with Crippen molar-refractivity contribution in [3.8, 4) is 0 Å². The van der Waals surface area contributed by atoms with E-state index in [-0.39, 0.29) is 11.2 Å². The largest absolute Gasteiger partial charge is 0.330 e. The first-order valence-corrected chi connectivity index (χ1v) is 11.9. The molecule has 0 aliphatic rings. The molecule has 0 spiro atoms. The fraction of sp³-hybridized carbons (Fsp3) is 0.524. The number of hydrogen-bond acceptors (Lipinski definition) is 5. The van der Waals surface area contributed by atoms with E-state index in [1.54, 1.807) is 19.2 Å². The van der Waals surface area contributed by atoms with Gasteiger partial charge < -0.3 is 9.47 Å². The van der Waals surface area contributed by atoms with Gasteiger partial charge in [-0.25, -0.2) is 13.2 Å². The van der Waals surface area contributed by atoms with Crippen molar-refractivity contribution in [2.45, 2.75) is 39.2 Å². The van der Waals surface area contributed by atoms with Crippen molar-refractivity contribution < 1.29 is 8.42 Å². The number of anilines is 1. The third-order valence-electron chi connectivity index (χ3n) is 5.18. The minimum Gasteiger partial charge on any atom is -0.301 e. The van der Waals surface area contributed by atoms with Crippen LogP contribution in [0.3, 0.4) is 0 Å². The number of rotatable bonds is 10. The van der Waals surface area contributed by atoms with Gasteiger partial charge in [-0.1, -0.05) is 12.1 Å². The molecule has 166 valence electrons. The predicted octanol–water partition coefficient (Wildman–Crippen LogP) is 1.34. The molecule has 1 N–H and O–H groups in total. The van der Waals surface area contributed by atoms with E-state index in [1.807, 2.05) is 12.1 Å². The van der Waals surface area contributed by atoms with Gasteiger partial charge in [0.2, 0.25) is 10.0 Å². The molecule has 0 radical (unpaired) electrons. The number of sulfonamides is 1. The van der Waals surface area contributed by atoms with E-state index in [0.29, 0.717) is 18.2 Å². The highest BCUT2D eigenvalue weighted by molar-refractivity contribution is 7.92. The number of nitrogens with zero attached hydrogens (tertiary/aromatic N) is 3. The van der Waals surface area contributed by atoms with Crippen LogP contribution < -0.4 is 16.0 Å². The third kappa shape index (κ3) is 6.84. The molecule has 0 aliphatic carbocycles. The summed E-state index contributed by atoms with van der Waals surface area (Å²) < 4.78 is 27.7. The first-order chi connectivity index (χ1) is 14.0. The van der Waals surface area contributed by atoms with E-state index in [2.05, 4.69) is 23.5 Å². The topological polar surface area (TPSA) is 93.4 Å². The summed E-state index contributed by atoms with van der Waals surface area (Å²) in [6.07, 6.45) is 3.49. The molecule has 30 heavy (non-hydrogen) atoms. The zero-order valence-corrected chi connectivity index (χ0v) is 19.2. The van der Waals surface area contributed by atoms with Gasteiger partial charge in [-0.05, 0) is 57.4 Å². The summed E-state index contributed by atoms with van der Waals surface area (Å²) >= 11 is 0. The van der Waals surface area contributed by atoms with Crippen molar-refractivity contribution in [1.29, 1.82) is 0 Å². The average Bonchev–Trinajstić information content (AvgIpc) is 2.66. The van der Waals surface area contributed by atoms with E-state index in [4.69, 9.17) is 0 Å². The molecular formula is C21H32N4O4S. The second-order valence-corrected chi connectivity index (χ2v) is 9.68. The van der Waals surface area contributed by atoms with E-state index < -0.39 is 10.0 Å². The number of nitrogens with one attached hydrogen (secondary N) is 1. The minimum absolute atomic E-state index is 0.275. The maximum atomic E-state index is 12.1. The van der Waals surface area contributed by atoms with Crippen LogP contribution in [0.4, 0.5) is 5.69 Å². The maximum absolute atomic E-state index is 12.1. The zero-order valence-electron chi connectivity index (χ0n) is 18.4. The monoisotopic (exact) mass is 436 g/mol. The van der Waals surface area contributed by atoms with Gasteiger partial charge in [0.15, 0.2) is 0 Å². The molecule has 2 rings (SSSR count). The molecule has 0 atom stereocenters. The molecule has 0 saturated heterocycles. The molecule has 1 heterocycles. The van der Waals surface area contributed by atoms with Crippen molar-refractivity contribution in [3.63, 3.8) is 0 Å². The molecule has 0 aliphatic heterocycles. The van der Waals surface area contributed by atoms with Crippen molar-refractivity contribution in [2.75, 3.05) is 24.1 Å². The first kappa shape index (κ1) is 23.9. The smallest absolute Gasteiger partial charge is 0.301 e. The summed E-state index contributed by atoms with van der Waals surface area (Å²) in [7, 11) is -0.0927. The Bertz CT molecular complexity index is 1070. The van der Waals surface area contributed by atoms with Gasteiger partial charge in [0.1, 0.15) is 0 Å². The van der Waals surface area contributed by atoms with E-state index in [9.17, 15) is 18.0 Å². The Morgan fingerprint density at radius 1 is 1.00 bits per heavy atom. The van der Waals surface area contributed by atoms with Crippen LogP contribution in [0, 0.1) is 0 Å². The van der Waals surface area contributed by atoms with E-state index in [1.165, 1.54) is 17.7 Å². The van der Waals surface area contributed by atoms with Gasteiger partial charge in [0.05, 0.1) is 6.26 Å². The Labute approximate surface area is 178 Å². The van der Waals surface area contributed by atoms with Crippen LogP contribution in [0.2, 0.25) is 0 Å². The molecule has 8 nitrogen and oxygen atoms in total. The summed E-state index contributed by atoms with van der Waals surface area (Å²) in [5, 5.41) is 0. The molecule has 0 bridgehead atoms. The summed E-state index contributed by atoms with van der Waals surface area (Å²) in [4.78, 5) is 26.3. The lowest BCUT2D eigenvalue weighted by Gasteiger charge is -2.26. The van der Waals surface area contributed by atoms with Crippen LogP contribution in [0.15, 0.2) is 39.9 Å². The molecular weight excluding hydrogens is 404 g/mol. The van der Waals surface area contributed by atoms with Gasteiger partial charge >= 0.3 is 5.69 Å². The van der Waals surface area contributed by atoms with Crippen LogP contribution >= 0.6 is 0 Å². The summed E-state index contributed by atoms with van der Waals surface area (Å²) in [5.41, 5.74) is 1.87. The van der Waals surface area contributed by atoms with Gasteiger partial charge in [-0.3, -0.25) is 14.1 Å². The number of benzene rings is 1. The van der Waals surface area contributed by atoms with Crippen molar-refractivity contribution in [2.24, 2.45) is 14.1 Å². The Balaban J connectivity index is 1.93. The van der Waals surface area contributed by atoms with Gasteiger partial charge in [0.25, 0.3) is 5.56 Å². The van der Waals surface area contributed by atoms with Gasteiger partial charge in [-0.15, -0.1) is 0 Å². The normalized spacial score (nSPS) is 12.0. The van der Waals surface area contributed by atoms with Crippen LogP contribution in [0.1, 0.15) is 31.5 Å². The Morgan fingerprint density at radius 3 is 2.20 bits per heavy atom. The highest BCUT2D eigenvalue weighted by Gasteiger charge is 2.11. The number of aromatic nitrogens is 2. The summed E-state index contributed by atoms with van der Waals surface area (Å²) in [6, 6.07) is 9.30. The highest BCUT2D eigenvalue weighted by atomic mass is 32.2. The molecule has 0 fully saturated rings. The maximum Gasteiger partial charge on any atom is 0.330 e. The van der Waals surface area contributed by atoms with E-state index in [0.717, 1.165) is 48.0 Å². The third-order valence-corrected chi connectivity index (χ3v) is 5.79. The number of hydrogen-bond donors (Lipinski definition) is 1. The highest BCUT2D eigenvalue weighted by Crippen LogP contribution is 2.13. The van der Waals surface area contributed by atoms with Gasteiger partial charge in [0, 0.05) is 44.1 Å². The van der Waals surface area contributed by atoms with Crippen LogP contribution in [0.5, 0.6) is 0 Å². The second kappa shape index (κ2) is 10.1. The van der Waals surface area contributed by atoms with Crippen LogP contribution in [0.25, 0.3) is 0 Å². The quantitative estimate of drug-likeness (QED) is 0.607. The molecule has 0 amide bonds. The molecule has 1 aromatic heterocycles. The lowest BCUT2D eigenvalue weighted by atomic mass is 10.1. The lowest BCUT2D eigenvalue weighted by molar-refractivity contribution is 0.221. The first-order valence-electron chi connectivity index (χ1n) is 10.0. The predicted molar refractivity (Wildman–Crippen MR) is 121 cm³/mol. The molecule has 0 saturated carbocycles. The zero-order chi connectivity index (χ0) is 22.5. The van der Waals surface area contributed by atoms with Gasteiger partial charge in [-0.2, -0.15) is 0 Å². The molecule has 1 aromatic carbocycles. The second-order valence-electron chi connectivity index (χ2n) is 7.93. The minimum atomic E-state index is -3.27. The summed E-state index contributed by atoms with van der Waals surface area (Å²) in [6.45, 7) is 6.01. The van der Waals surface area contributed by atoms with E-state index >= 15 is 0 Å². The van der Waals surface area contributed by atoms with Crippen LogP contribution in [-0.2, 0) is 37.0 Å². The number of aryl methyl sites for hydroxylation is 1. The fourth-order valence-corrected chi connectivity index (χ4v) is 3.90. The molecule has 2 aromatic rings. The summed E-state index contributed by atoms with van der Waals surface area (Å²) in [5.74, 6) is 0. The standard InChI is InChI=1S/C21H32N4O4S/c1-16(2)25(13-6-7-19-15-20(26)24(4)21(27)23(19)3)14-12-17-8-10-18(11-9-17)22-30(5,28)29/h8-11,15-16,22H,6-7,12-14H2,1-5H3. The SMILES string of the molecule is CC(C)N(CCCc1cc(=O)n(C)c(=O)n1C)CCc1ccc(NS(C)(=O)=O)cc1. The van der Waals surface area contributed by atoms with Crippen molar-refractivity contribution in [1.82, 2.24) is 14.0 Å². The molecule has 9 heteroatoms.